The van der Waals surface area contributed by atoms with Gasteiger partial charge in [0.2, 0.25) is 5.91 Å². The van der Waals surface area contributed by atoms with Crippen LogP contribution < -0.4 is 21.6 Å². The number of fused-ring (bicyclic) bond motifs is 3. The molecule has 0 spiro atoms. The summed E-state index contributed by atoms with van der Waals surface area (Å²) in [7, 11) is 3.26. The molecule has 0 saturated heterocycles. The van der Waals surface area contributed by atoms with Gasteiger partial charge in [-0.3, -0.25) is 19.2 Å². The van der Waals surface area contributed by atoms with Gasteiger partial charge in [0.15, 0.2) is 0 Å². The highest BCUT2D eigenvalue weighted by Crippen LogP contribution is 2.20. The number of carbonyl (C=O) groups excluding carboxylic acids is 3. The van der Waals surface area contributed by atoms with Gasteiger partial charge in [0, 0.05) is 31.1 Å². The Morgan fingerprint density at radius 3 is 1.93 bits per heavy atom. The van der Waals surface area contributed by atoms with E-state index in [0.717, 1.165) is 41.0 Å². The molecule has 3 aromatic carbocycles. The predicted molar refractivity (Wildman–Crippen MR) is 160 cm³/mol. The van der Waals surface area contributed by atoms with Crippen LogP contribution in [0.15, 0.2) is 60.7 Å². The molecule has 0 aliphatic carbocycles. The second-order valence-corrected chi connectivity index (χ2v) is 10.7. The van der Waals surface area contributed by atoms with Crippen molar-refractivity contribution in [1.82, 2.24) is 15.5 Å². The van der Waals surface area contributed by atoms with Crippen molar-refractivity contribution < 1.29 is 33.6 Å². The summed E-state index contributed by atoms with van der Waals surface area (Å²) in [5.74, 6) is -1.79. The van der Waals surface area contributed by atoms with Crippen LogP contribution >= 0.6 is 0 Å². The number of hydrogen-bond donors (Lipinski definition) is 3. The molecule has 218 valence electrons. The van der Waals surface area contributed by atoms with Crippen LogP contribution in [0.5, 0.6) is 0 Å². The second kappa shape index (κ2) is 13.3. The van der Waals surface area contributed by atoms with E-state index in [9.17, 15) is 14.4 Å². The Morgan fingerprint density at radius 1 is 0.814 bits per heavy atom. The molecule has 0 bridgehead atoms. The Bertz CT molecular complexity index is 1560. The van der Waals surface area contributed by atoms with E-state index in [1.54, 1.807) is 51.1 Å². The number of carboxylic acid groups (broad SMARTS) is 1. The zero-order valence-electron chi connectivity index (χ0n) is 24.0. The van der Waals surface area contributed by atoms with Crippen LogP contribution in [-0.4, -0.2) is 67.3 Å². The predicted octanol–water partition coefficient (Wildman–Crippen LogP) is 0.829. The first-order chi connectivity index (χ1) is 20.7. The highest BCUT2D eigenvalue weighted by atomic mass is 16.4. The molecule has 2 unspecified atom stereocenters. The zero-order valence-corrected chi connectivity index (χ0v) is 24.0. The summed E-state index contributed by atoms with van der Waals surface area (Å²) in [5.41, 5.74) is 6.91. The van der Waals surface area contributed by atoms with Crippen molar-refractivity contribution in [2.45, 2.75) is 52.1 Å². The molecule has 10 nitrogen and oxygen atoms in total. The van der Waals surface area contributed by atoms with Crippen LogP contribution in [-0.2, 0) is 45.1 Å². The molecule has 0 aromatic heterocycles. The van der Waals surface area contributed by atoms with Crippen LogP contribution in [0, 0.1) is 0 Å². The normalized spacial score (nSPS) is 15.6. The molecule has 2 atom stereocenters. The van der Waals surface area contributed by atoms with Crippen LogP contribution in [0.4, 0.5) is 0 Å². The van der Waals surface area contributed by atoms with Crippen molar-refractivity contribution in [3.05, 3.63) is 94.0 Å². The molecule has 0 fully saturated rings. The molecule has 0 saturated carbocycles. The summed E-state index contributed by atoms with van der Waals surface area (Å²) < 4.78 is 10.7. The Balaban J connectivity index is 0.000000868. The maximum absolute atomic E-state index is 13.9. The molecular weight excluding hydrogens is 548 g/mol. The summed E-state index contributed by atoms with van der Waals surface area (Å²) in [4.78, 5) is 51.2. The number of rotatable bonds is 6. The average molecular weight is 579 g/mol. The van der Waals surface area contributed by atoms with E-state index in [4.69, 9.17) is 19.2 Å². The molecule has 3 N–H and O–H groups in total. The van der Waals surface area contributed by atoms with Gasteiger partial charge in [0.05, 0.1) is 19.3 Å². The summed E-state index contributed by atoms with van der Waals surface area (Å²) in [5, 5.41) is 13.3. The molecule has 3 aliphatic heterocycles. The molecule has 6 rings (SSSR count). The maximum Gasteiger partial charge on any atom is 0.330 e. The maximum atomic E-state index is 13.9. The fraction of sp³-hybridized carbons (Fsp3) is 0.290. The van der Waals surface area contributed by atoms with Crippen molar-refractivity contribution in [1.29, 1.82) is 0 Å². The summed E-state index contributed by atoms with van der Waals surface area (Å²) in [6.45, 7) is 4.78. The van der Waals surface area contributed by atoms with Gasteiger partial charge in [-0.15, -0.1) is 0 Å². The van der Waals surface area contributed by atoms with Crippen LogP contribution in [0.25, 0.3) is 0 Å². The van der Waals surface area contributed by atoms with Crippen LogP contribution in [0.2, 0.25) is 0 Å². The summed E-state index contributed by atoms with van der Waals surface area (Å²) in [6.07, 6.45) is 0.734. The number of carboxylic acids is 1. The molecule has 12 heteroatoms. The van der Waals surface area contributed by atoms with Crippen molar-refractivity contribution in [2.75, 3.05) is 6.54 Å². The summed E-state index contributed by atoms with van der Waals surface area (Å²) in [6, 6.07) is 17.1. The van der Waals surface area contributed by atoms with Gasteiger partial charge in [-0.2, -0.15) is 0 Å². The lowest BCUT2D eigenvalue weighted by atomic mass is 9.86. The Morgan fingerprint density at radius 2 is 1.35 bits per heavy atom. The molecular formula is C31H31B2N3O7. The van der Waals surface area contributed by atoms with E-state index in [2.05, 4.69) is 16.7 Å². The van der Waals surface area contributed by atoms with E-state index in [1.807, 2.05) is 30.3 Å². The monoisotopic (exact) mass is 579 g/mol. The van der Waals surface area contributed by atoms with Gasteiger partial charge >= 0.3 is 15.0 Å². The Labute approximate surface area is 251 Å². The highest BCUT2D eigenvalue weighted by Gasteiger charge is 2.34. The number of aliphatic carboxylic acids is 1. The zero-order chi connectivity index (χ0) is 30.5. The number of carbonyl (C=O) groups is 4. The SMILES string of the molecule is CC(=O)O.CC(NC(=O)c1ccc2c(c1)[B]OC2)C(NC(=O)c1ccc2c(c1)[B]OC2)C(=O)N1CCc2ccccc2C1. The van der Waals surface area contributed by atoms with Gasteiger partial charge in [0.25, 0.3) is 17.8 Å². The molecule has 3 aromatic rings. The topological polar surface area (TPSA) is 134 Å². The third-order valence-corrected chi connectivity index (χ3v) is 7.57. The highest BCUT2D eigenvalue weighted by molar-refractivity contribution is 6.49. The van der Waals surface area contributed by atoms with E-state index < -0.39 is 18.1 Å². The van der Waals surface area contributed by atoms with Gasteiger partial charge < -0.3 is 29.9 Å². The third-order valence-electron chi connectivity index (χ3n) is 7.57. The lowest BCUT2D eigenvalue weighted by Crippen LogP contribution is -2.58. The van der Waals surface area contributed by atoms with E-state index in [-0.39, 0.29) is 17.7 Å². The Hall–Kier alpha value is -4.41. The first kappa shape index (κ1) is 30.1. The van der Waals surface area contributed by atoms with E-state index in [0.29, 0.717) is 37.4 Å². The van der Waals surface area contributed by atoms with Crippen molar-refractivity contribution in [2.24, 2.45) is 0 Å². The van der Waals surface area contributed by atoms with E-state index >= 15 is 0 Å². The smallest absolute Gasteiger partial charge is 0.330 e. The fourth-order valence-electron chi connectivity index (χ4n) is 5.28. The van der Waals surface area contributed by atoms with Gasteiger partial charge in [-0.25, -0.2) is 0 Å². The van der Waals surface area contributed by atoms with Gasteiger partial charge in [-0.05, 0) is 58.7 Å². The number of amides is 3. The first-order valence-corrected chi connectivity index (χ1v) is 14.0. The van der Waals surface area contributed by atoms with Gasteiger partial charge in [0.1, 0.15) is 6.04 Å². The average Bonchev–Trinajstić information content (AvgIpc) is 3.67. The molecule has 3 heterocycles. The number of nitrogens with zero attached hydrogens (tertiary/aromatic N) is 1. The summed E-state index contributed by atoms with van der Waals surface area (Å²) >= 11 is 0. The number of benzene rings is 3. The minimum Gasteiger partial charge on any atom is -0.481 e. The molecule has 43 heavy (non-hydrogen) atoms. The number of nitrogens with one attached hydrogen (secondary N) is 2. The van der Waals surface area contributed by atoms with Crippen molar-refractivity contribution >= 4 is 49.6 Å². The molecule has 2 radical (unpaired) electrons. The number of hydrogen-bond acceptors (Lipinski definition) is 6. The van der Waals surface area contributed by atoms with Crippen LogP contribution in [0.3, 0.4) is 0 Å². The van der Waals surface area contributed by atoms with Crippen LogP contribution in [0.1, 0.15) is 56.8 Å². The lowest BCUT2D eigenvalue weighted by molar-refractivity contribution is -0.135. The lowest BCUT2D eigenvalue weighted by Gasteiger charge is -2.34. The minimum atomic E-state index is -0.968. The first-order valence-electron chi connectivity index (χ1n) is 14.0. The van der Waals surface area contributed by atoms with E-state index in [1.165, 1.54) is 5.56 Å². The standard InChI is InChI=1S/C29H27B2N3O5.C2H4O2/c1-17(32-27(35)19-6-8-22-15-38-30-24(22)12-19)26(29(37)34-11-10-18-4-2-3-5-21(18)14-34)33-28(36)20-7-9-23-16-39-31-25(23)13-20;1-2(3)4/h2-9,12-13,17,26H,10-11,14-16H2,1H3,(H,32,35)(H,33,36);1H3,(H,3,4). The quantitative estimate of drug-likeness (QED) is 0.369. The molecule has 3 aliphatic rings. The minimum absolute atomic E-state index is 0.239. The largest absolute Gasteiger partial charge is 0.481 e. The third kappa shape index (κ3) is 7.15. The molecule has 3 amide bonds. The van der Waals surface area contributed by atoms with Crippen molar-refractivity contribution in [3.63, 3.8) is 0 Å². The second-order valence-electron chi connectivity index (χ2n) is 10.7. The van der Waals surface area contributed by atoms with Gasteiger partial charge in [-0.1, -0.05) is 48.5 Å². The van der Waals surface area contributed by atoms with Crippen molar-refractivity contribution in [3.8, 4) is 0 Å². The fourth-order valence-corrected chi connectivity index (χ4v) is 5.28. The Kier molecular flexibility index (Phi) is 9.27.